The Morgan fingerprint density at radius 2 is 1.76 bits per heavy atom. The topological polar surface area (TPSA) is 30.7 Å². The molecule has 3 nitrogen and oxygen atoms in total. The Morgan fingerprint density at radius 1 is 1.12 bits per heavy atom. The van der Waals surface area contributed by atoms with Gasteiger partial charge in [0.1, 0.15) is 0 Å². The predicted molar refractivity (Wildman–Crippen MR) is 48.5 cm³/mol. The first-order chi connectivity index (χ1) is 7.73. The Morgan fingerprint density at radius 3 is 2.35 bits per heavy atom. The number of fused-ring (bicyclic) bond motifs is 1. The van der Waals surface area contributed by atoms with Crippen LogP contribution in [0.2, 0.25) is 0 Å². The molecule has 92 valence electrons. The number of aromatic nitrogens is 3. The molecular formula is C9H6F5N3. The molecule has 0 aliphatic rings. The van der Waals surface area contributed by atoms with Crippen LogP contribution < -0.4 is 0 Å². The SMILES string of the molecule is Cn1ncc2cc(C(F)(F)C(F)(F)F)cnc21. The summed E-state index contributed by atoms with van der Waals surface area (Å²) in [6.45, 7) is 0. The predicted octanol–water partition coefficient (Wildman–Crippen LogP) is 2.62. The van der Waals surface area contributed by atoms with E-state index in [9.17, 15) is 22.0 Å². The van der Waals surface area contributed by atoms with Crippen LogP contribution in [0, 0.1) is 0 Å². The molecule has 0 radical (unpaired) electrons. The van der Waals surface area contributed by atoms with Crippen molar-refractivity contribution in [3.05, 3.63) is 24.0 Å². The zero-order valence-corrected chi connectivity index (χ0v) is 8.46. The lowest BCUT2D eigenvalue weighted by Crippen LogP contribution is -2.33. The Bertz CT molecular complexity index is 557. The fourth-order valence-electron chi connectivity index (χ4n) is 1.38. The number of hydrogen-bond acceptors (Lipinski definition) is 2. The maximum Gasteiger partial charge on any atom is 0.458 e. The lowest BCUT2D eigenvalue weighted by Gasteiger charge is -2.19. The van der Waals surface area contributed by atoms with Crippen LogP contribution in [0.5, 0.6) is 0 Å². The van der Waals surface area contributed by atoms with Gasteiger partial charge in [-0.2, -0.15) is 27.1 Å². The molecule has 0 N–H and O–H groups in total. The minimum atomic E-state index is -5.63. The van der Waals surface area contributed by atoms with E-state index in [0.717, 1.165) is 6.07 Å². The third kappa shape index (κ3) is 1.73. The minimum absolute atomic E-state index is 0.133. The van der Waals surface area contributed by atoms with Crippen molar-refractivity contribution in [2.75, 3.05) is 0 Å². The van der Waals surface area contributed by atoms with Gasteiger partial charge in [-0.15, -0.1) is 0 Å². The first-order valence-electron chi connectivity index (χ1n) is 4.46. The molecule has 17 heavy (non-hydrogen) atoms. The standard InChI is InChI=1S/C9H6F5N3/c1-17-7-5(3-16-17)2-6(4-15-7)8(10,11)9(12,13)14/h2-4H,1H3. The molecule has 0 aromatic carbocycles. The highest BCUT2D eigenvalue weighted by Crippen LogP contribution is 2.43. The number of pyridine rings is 1. The summed E-state index contributed by atoms with van der Waals surface area (Å²) in [7, 11) is 1.51. The van der Waals surface area contributed by atoms with Crippen LogP contribution in [-0.2, 0) is 13.0 Å². The van der Waals surface area contributed by atoms with Crippen molar-refractivity contribution in [3.8, 4) is 0 Å². The lowest BCUT2D eigenvalue weighted by molar-refractivity contribution is -0.289. The van der Waals surface area contributed by atoms with Crippen LogP contribution in [-0.4, -0.2) is 20.9 Å². The smallest absolute Gasteiger partial charge is 0.250 e. The number of aryl methyl sites for hydroxylation is 1. The Kier molecular flexibility index (Phi) is 2.33. The zero-order chi connectivity index (χ0) is 12.8. The quantitative estimate of drug-likeness (QED) is 0.729. The van der Waals surface area contributed by atoms with Crippen molar-refractivity contribution in [1.29, 1.82) is 0 Å². The third-order valence-electron chi connectivity index (χ3n) is 2.29. The number of alkyl halides is 5. The molecule has 0 amide bonds. The van der Waals surface area contributed by atoms with E-state index in [-0.39, 0.29) is 11.0 Å². The average Bonchev–Trinajstić information content (AvgIpc) is 2.58. The Balaban J connectivity index is 2.57. The van der Waals surface area contributed by atoms with Crippen molar-refractivity contribution in [2.45, 2.75) is 12.1 Å². The van der Waals surface area contributed by atoms with E-state index >= 15 is 0 Å². The van der Waals surface area contributed by atoms with Crippen molar-refractivity contribution in [2.24, 2.45) is 7.05 Å². The monoisotopic (exact) mass is 251 g/mol. The number of rotatable bonds is 1. The van der Waals surface area contributed by atoms with E-state index in [2.05, 4.69) is 10.1 Å². The molecular weight excluding hydrogens is 245 g/mol. The van der Waals surface area contributed by atoms with E-state index in [1.54, 1.807) is 0 Å². The molecule has 0 bridgehead atoms. The summed E-state index contributed by atoms with van der Waals surface area (Å²) >= 11 is 0. The largest absolute Gasteiger partial charge is 0.458 e. The van der Waals surface area contributed by atoms with Gasteiger partial charge >= 0.3 is 12.1 Å². The Labute approximate surface area is 91.9 Å². The van der Waals surface area contributed by atoms with Gasteiger partial charge in [0.2, 0.25) is 0 Å². The molecule has 2 aromatic heterocycles. The van der Waals surface area contributed by atoms with Crippen LogP contribution in [0.1, 0.15) is 5.56 Å². The molecule has 0 unspecified atom stereocenters. The fraction of sp³-hybridized carbons (Fsp3) is 0.333. The molecule has 2 aromatic rings. The first kappa shape index (κ1) is 11.7. The minimum Gasteiger partial charge on any atom is -0.250 e. The second-order valence-electron chi connectivity index (χ2n) is 3.48. The van der Waals surface area contributed by atoms with Gasteiger partial charge in [-0.25, -0.2) is 4.98 Å². The van der Waals surface area contributed by atoms with Crippen molar-refractivity contribution in [3.63, 3.8) is 0 Å². The van der Waals surface area contributed by atoms with E-state index in [1.807, 2.05) is 0 Å². The van der Waals surface area contributed by atoms with Crippen LogP contribution in [0.25, 0.3) is 11.0 Å². The normalized spacial score (nSPS) is 13.3. The molecule has 0 fully saturated rings. The summed E-state index contributed by atoms with van der Waals surface area (Å²) in [5.74, 6) is -4.91. The maximum atomic E-state index is 13.0. The van der Waals surface area contributed by atoms with E-state index in [1.165, 1.54) is 17.9 Å². The van der Waals surface area contributed by atoms with E-state index in [0.29, 0.717) is 6.20 Å². The van der Waals surface area contributed by atoms with Crippen LogP contribution in [0.4, 0.5) is 22.0 Å². The zero-order valence-electron chi connectivity index (χ0n) is 8.46. The molecule has 2 rings (SSSR count). The summed E-state index contributed by atoms with van der Waals surface area (Å²) in [4.78, 5) is 3.54. The van der Waals surface area contributed by atoms with Gasteiger partial charge in [0.05, 0.1) is 6.20 Å². The van der Waals surface area contributed by atoms with E-state index < -0.39 is 17.7 Å². The first-order valence-corrected chi connectivity index (χ1v) is 4.46. The highest BCUT2D eigenvalue weighted by atomic mass is 19.4. The van der Waals surface area contributed by atoms with Gasteiger partial charge in [0.25, 0.3) is 0 Å². The molecule has 0 spiro atoms. The molecule has 8 heteroatoms. The number of nitrogens with zero attached hydrogens (tertiary/aromatic N) is 3. The summed E-state index contributed by atoms with van der Waals surface area (Å²) in [6, 6.07) is 0.739. The van der Waals surface area contributed by atoms with Gasteiger partial charge in [-0.3, -0.25) is 4.68 Å². The Hall–Kier alpha value is -1.73. The molecule has 0 aliphatic carbocycles. The van der Waals surface area contributed by atoms with Crippen molar-refractivity contribution >= 4 is 11.0 Å². The maximum absolute atomic E-state index is 13.0. The second-order valence-corrected chi connectivity index (χ2v) is 3.48. The van der Waals surface area contributed by atoms with Gasteiger partial charge in [0, 0.05) is 24.2 Å². The fourth-order valence-corrected chi connectivity index (χ4v) is 1.38. The van der Waals surface area contributed by atoms with Gasteiger partial charge in [-0.05, 0) is 6.07 Å². The molecule has 0 atom stereocenters. The highest BCUT2D eigenvalue weighted by Gasteiger charge is 2.58. The lowest BCUT2D eigenvalue weighted by atomic mass is 10.1. The number of halogens is 5. The summed E-state index contributed by atoms with van der Waals surface area (Å²) in [5.41, 5.74) is -0.947. The molecule has 0 saturated heterocycles. The average molecular weight is 251 g/mol. The van der Waals surface area contributed by atoms with Crippen LogP contribution in [0.3, 0.4) is 0 Å². The van der Waals surface area contributed by atoms with E-state index in [4.69, 9.17) is 0 Å². The summed E-state index contributed by atoms with van der Waals surface area (Å²) in [6.07, 6.45) is -3.94. The highest BCUT2D eigenvalue weighted by molar-refractivity contribution is 5.75. The molecule has 0 saturated carbocycles. The molecule has 2 heterocycles. The van der Waals surface area contributed by atoms with Gasteiger partial charge in [0.15, 0.2) is 5.65 Å². The van der Waals surface area contributed by atoms with Crippen molar-refractivity contribution < 1.29 is 22.0 Å². The number of hydrogen-bond donors (Lipinski definition) is 0. The van der Waals surface area contributed by atoms with Crippen molar-refractivity contribution in [1.82, 2.24) is 14.8 Å². The second kappa shape index (κ2) is 3.38. The van der Waals surface area contributed by atoms with Gasteiger partial charge < -0.3 is 0 Å². The molecule has 0 aliphatic heterocycles. The van der Waals surface area contributed by atoms with Crippen LogP contribution >= 0.6 is 0 Å². The summed E-state index contributed by atoms with van der Waals surface area (Å²) < 4.78 is 63.7. The van der Waals surface area contributed by atoms with Gasteiger partial charge in [-0.1, -0.05) is 0 Å². The third-order valence-corrected chi connectivity index (χ3v) is 2.29. The summed E-state index contributed by atoms with van der Waals surface area (Å²) in [5, 5.41) is 3.84. The van der Waals surface area contributed by atoms with Crippen LogP contribution in [0.15, 0.2) is 18.5 Å².